The Morgan fingerprint density at radius 1 is 1.00 bits per heavy atom. The molecule has 4 nitrogen and oxygen atoms in total. The first-order valence-electron chi connectivity index (χ1n) is 10.0. The molecule has 0 aromatic heterocycles. The monoisotopic (exact) mass is 360 g/mol. The van der Waals surface area contributed by atoms with Crippen molar-refractivity contribution in [2.45, 2.75) is 71.1 Å². The largest absolute Gasteiger partial charge is 0.465 e. The first-order chi connectivity index (χ1) is 12.6. The molecule has 0 spiro atoms. The van der Waals surface area contributed by atoms with Gasteiger partial charge in [0.25, 0.3) is 0 Å². The lowest BCUT2D eigenvalue weighted by Gasteiger charge is -2.33. The number of carbonyl (C=O) groups excluding carboxylic acids is 2. The molecule has 0 saturated carbocycles. The van der Waals surface area contributed by atoms with Crippen LogP contribution in [0.25, 0.3) is 0 Å². The Bertz CT molecular complexity index is 596. The molecule has 0 amide bonds. The molecular weight excluding hydrogens is 328 g/mol. The molecule has 26 heavy (non-hydrogen) atoms. The van der Waals surface area contributed by atoms with Crippen LogP contribution >= 0.6 is 0 Å². The van der Waals surface area contributed by atoms with Crippen molar-refractivity contribution in [2.75, 3.05) is 13.2 Å². The van der Waals surface area contributed by atoms with Gasteiger partial charge in [-0.1, -0.05) is 57.9 Å². The van der Waals surface area contributed by atoms with Crippen LogP contribution in [0.5, 0.6) is 0 Å². The maximum Gasteiger partial charge on any atom is 0.313 e. The number of carbonyl (C=O) groups is 2. The van der Waals surface area contributed by atoms with E-state index in [1.165, 1.54) is 0 Å². The van der Waals surface area contributed by atoms with Crippen molar-refractivity contribution < 1.29 is 19.1 Å². The van der Waals surface area contributed by atoms with Gasteiger partial charge in [0, 0.05) is 0 Å². The maximum atomic E-state index is 12.5. The Labute approximate surface area is 157 Å². The van der Waals surface area contributed by atoms with Gasteiger partial charge in [-0.15, -0.1) is 0 Å². The van der Waals surface area contributed by atoms with Crippen molar-refractivity contribution >= 4 is 11.9 Å². The average Bonchev–Trinajstić information content (AvgIpc) is 2.66. The third kappa shape index (κ3) is 5.09. The van der Waals surface area contributed by atoms with E-state index in [1.807, 2.05) is 31.2 Å². The summed E-state index contributed by atoms with van der Waals surface area (Å²) in [4.78, 5) is 24.9. The van der Waals surface area contributed by atoms with Gasteiger partial charge < -0.3 is 9.47 Å². The number of fused-ring (bicyclic) bond motifs is 1. The van der Waals surface area contributed by atoms with Crippen LogP contribution in [0.4, 0.5) is 0 Å². The van der Waals surface area contributed by atoms with Crippen molar-refractivity contribution in [1.82, 2.24) is 0 Å². The molecule has 3 unspecified atom stereocenters. The number of esters is 2. The van der Waals surface area contributed by atoms with Crippen LogP contribution in [0.15, 0.2) is 24.3 Å². The third-order valence-electron chi connectivity index (χ3n) is 5.28. The van der Waals surface area contributed by atoms with E-state index < -0.39 is 0 Å². The van der Waals surface area contributed by atoms with Crippen molar-refractivity contribution in [3.8, 4) is 0 Å². The first kappa shape index (κ1) is 20.5. The van der Waals surface area contributed by atoms with Crippen LogP contribution in [-0.4, -0.2) is 25.2 Å². The van der Waals surface area contributed by atoms with Gasteiger partial charge in [-0.25, -0.2) is 0 Å². The van der Waals surface area contributed by atoms with Crippen LogP contribution in [0.2, 0.25) is 0 Å². The first-order valence-corrected chi connectivity index (χ1v) is 10.0. The third-order valence-corrected chi connectivity index (χ3v) is 5.28. The summed E-state index contributed by atoms with van der Waals surface area (Å²) in [7, 11) is 0. The lowest BCUT2D eigenvalue weighted by molar-refractivity contribution is -0.149. The normalized spacial score (nSPS) is 20.1. The summed E-state index contributed by atoms with van der Waals surface area (Å²) >= 11 is 0. The molecule has 4 heteroatoms. The second-order valence-corrected chi connectivity index (χ2v) is 7.20. The molecular formula is C22H32O4. The maximum absolute atomic E-state index is 12.5. The Kier molecular flexibility index (Phi) is 8.14. The standard InChI is InChI=1S/C22H32O4/c1-4-6-14-25-21(23)16(3)17-12-13-20(22(24)26-15-7-5-2)19-11-9-8-10-18(17)19/h8-11,16-17,20H,4-7,12-15H2,1-3H3. The molecule has 0 bridgehead atoms. The van der Waals surface area contributed by atoms with E-state index in [0.29, 0.717) is 13.2 Å². The quantitative estimate of drug-likeness (QED) is 0.461. The number of benzene rings is 1. The number of hydrogen-bond donors (Lipinski definition) is 0. The average molecular weight is 360 g/mol. The molecule has 2 rings (SSSR count). The molecule has 3 atom stereocenters. The van der Waals surface area contributed by atoms with Crippen molar-refractivity contribution in [3.05, 3.63) is 35.4 Å². The highest BCUT2D eigenvalue weighted by atomic mass is 16.5. The molecule has 1 aliphatic rings. The molecule has 0 saturated heterocycles. The molecule has 0 radical (unpaired) electrons. The fraction of sp³-hybridized carbons (Fsp3) is 0.636. The fourth-order valence-corrected chi connectivity index (χ4v) is 3.62. The van der Waals surface area contributed by atoms with Crippen molar-refractivity contribution in [3.63, 3.8) is 0 Å². The van der Waals surface area contributed by atoms with Gasteiger partial charge in [0.2, 0.25) is 0 Å². The minimum absolute atomic E-state index is 0.0972. The predicted octanol–water partition coefficient (Wildman–Crippen LogP) is 4.97. The van der Waals surface area contributed by atoms with Gasteiger partial charge >= 0.3 is 11.9 Å². The second-order valence-electron chi connectivity index (χ2n) is 7.20. The van der Waals surface area contributed by atoms with Gasteiger partial charge in [0.05, 0.1) is 25.0 Å². The molecule has 1 aliphatic carbocycles. The fourth-order valence-electron chi connectivity index (χ4n) is 3.62. The van der Waals surface area contributed by atoms with Crippen LogP contribution in [-0.2, 0) is 19.1 Å². The topological polar surface area (TPSA) is 52.6 Å². The molecule has 0 N–H and O–H groups in total. The zero-order valence-corrected chi connectivity index (χ0v) is 16.3. The molecule has 1 aromatic carbocycles. The Hall–Kier alpha value is -1.84. The molecule has 0 heterocycles. The predicted molar refractivity (Wildman–Crippen MR) is 102 cm³/mol. The van der Waals surface area contributed by atoms with Crippen LogP contribution < -0.4 is 0 Å². The minimum Gasteiger partial charge on any atom is -0.465 e. The molecule has 0 fully saturated rings. The van der Waals surface area contributed by atoms with Gasteiger partial charge in [0.15, 0.2) is 0 Å². The summed E-state index contributed by atoms with van der Waals surface area (Å²) in [6.45, 7) is 7.07. The lowest BCUT2D eigenvalue weighted by Crippen LogP contribution is -2.29. The van der Waals surface area contributed by atoms with E-state index in [2.05, 4.69) is 13.8 Å². The summed E-state index contributed by atoms with van der Waals surface area (Å²) in [6, 6.07) is 7.98. The lowest BCUT2D eigenvalue weighted by atomic mass is 9.72. The Morgan fingerprint density at radius 2 is 1.62 bits per heavy atom. The summed E-state index contributed by atoms with van der Waals surface area (Å²) in [5, 5.41) is 0. The van der Waals surface area contributed by atoms with E-state index in [0.717, 1.165) is 49.7 Å². The minimum atomic E-state index is -0.220. The highest BCUT2D eigenvalue weighted by Crippen LogP contribution is 2.43. The molecule has 1 aromatic rings. The SMILES string of the molecule is CCCCOC(=O)C1CCC(C(C)C(=O)OCCCC)c2ccccc21. The van der Waals surface area contributed by atoms with Gasteiger partial charge in [-0.2, -0.15) is 0 Å². The van der Waals surface area contributed by atoms with Gasteiger partial charge in [0.1, 0.15) is 0 Å². The van der Waals surface area contributed by atoms with E-state index in [-0.39, 0.29) is 29.7 Å². The van der Waals surface area contributed by atoms with Crippen molar-refractivity contribution in [1.29, 1.82) is 0 Å². The molecule has 144 valence electrons. The van der Waals surface area contributed by atoms with E-state index in [9.17, 15) is 9.59 Å². The van der Waals surface area contributed by atoms with Crippen LogP contribution in [0, 0.1) is 5.92 Å². The zero-order valence-electron chi connectivity index (χ0n) is 16.3. The van der Waals surface area contributed by atoms with E-state index >= 15 is 0 Å². The second kappa shape index (κ2) is 10.3. The van der Waals surface area contributed by atoms with Crippen molar-refractivity contribution in [2.24, 2.45) is 5.92 Å². The summed E-state index contributed by atoms with van der Waals surface area (Å²) in [6.07, 6.45) is 5.33. The number of unbranched alkanes of at least 4 members (excludes halogenated alkanes) is 2. The summed E-state index contributed by atoms with van der Waals surface area (Å²) < 4.78 is 10.9. The zero-order chi connectivity index (χ0) is 18.9. The molecule has 0 aliphatic heterocycles. The van der Waals surface area contributed by atoms with Crippen LogP contribution in [0.3, 0.4) is 0 Å². The Balaban J connectivity index is 2.10. The number of rotatable bonds is 9. The summed E-state index contributed by atoms with van der Waals surface area (Å²) in [5.74, 6) is -0.600. The van der Waals surface area contributed by atoms with E-state index in [4.69, 9.17) is 9.47 Å². The number of ether oxygens (including phenoxy) is 2. The summed E-state index contributed by atoms with van der Waals surface area (Å²) in [5.41, 5.74) is 2.11. The highest BCUT2D eigenvalue weighted by Gasteiger charge is 2.37. The van der Waals surface area contributed by atoms with E-state index in [1.54, 1.807) is 0 Å². The smallest absolute Gasteiger partial charge is 0.313 e. The highest BCUT2D eigenvalue weighted by molar-refractivity contribution is 5.80. The Morgan fingerprint density at radius 3 is 2.27 bits per heavy atom. The van der Waals surface area contributed by atoms with Gasteiger partial charge in [-0.3, -0.25) is 9.59 Å². The van der Waals surface area contributed by atoms with Gasteiger partial charge in [-0.05, 0) is 42.7 Å². The van der Waals surface area contributed by atoms with Crippen LogP contribution in [0.1, 0.15) is 82.3 Å². The number of hydrogen-bond acceptors (Lipinski definition) is 4.